The number of piperazine rings is 1. The van der Waals surface area contributed by atoms with Crippen LogP contribution < -0.4 is 4.74 Å². The quantitative estimate of drug-likeness (QED) is 0.421. The van der Waals surface area contributed by atoms with E-state index < -0.39 is 4.92 Å². The molecule has 9 nitrogen and oxygen atoms in total. The Morgan fingerprint density at radius 1 is 1.13 bits per heavy atom. The van der Waals surface area contributed by atoms with Crippen molar-refractivity contribution < 1.29 is 23.3 Å². The van der Waals surface area contributed by atoms with Crippen molar-refractivity contribution in [1.29, 1.82) is 0 Å². The summed E-state index contributed by atoms with van der Waals surface area (Å²) in [7, 11) is 0. The summed E-state index contributed by atoms with van der Waals surface area (Å²) in [5.74, 6) is 2.06. The third-order valence-corrected chi connectivity index (χ3v) is 5.24. The highest BCUT2D eigenvalue weighted by atomic mass is 16.6. The van der Waals surface area contributed by atoms with Crippen LogP contribution in [0.2, 0.25) is 0 Å². The summed E-state index contributed by atoms with van der Waals surface area (Å²) in [5, 5.41) is 10.9. The maximum atomic E-state index is 12.7. The Morgan fingerprint density at radius 2 is 1.94 bits per heavy atom. The van der Waals surface area contributed by atoms with E-state index in [2.05, 4.69) is 4.90 Å². The minimum Gasteiger partial charge on any atom is -0.486 e. The third kappa shape index (κ3) is 4.95. The van der Waals surface area contributed by atoms with Crippen LogP contribution in [0.15, 0.2) is 57.6 Å². The molecular weight excluding hydrogens is 402 g/mol. The van der Waals surface area contributed by atoms with Gasteiger partial charge in [0.2, 0.25) is 0 Å². The second-order valence-corrected chi connectivity index (χ2v) is 7.41. The van der Waals surface area contributed by atoms with E-state index in [1.54, 1.807) is 42.4 Å². The smallest absolute Gasteiger partial charge is 0.289 e. The predicted octanol–water partition coefficient (Wildman–Crippen LogP) is 3.63. The molecular formula is C22H23N3O6. The number of nitrogens with zero attached hydrogens (tertiary/aromatic N) is 3. The molecule has 3 aromatic rings. The van der Waals surface area contributed by atoms with Gasteiger partial charge in [0.25, 0.3) is 11.6 Å². The number of hydrogen-bond donors (Lipinski definition) is 0. The maximum Gasteiger partial charge on any atom is 0.289 e. The van der Waals surface area contributed by atoms with Crippen molar-refractivity contribution in [3.8, 4) is 5.75 Å². The summed E-state index contributed by atoms with van der Waals surface area (Å²) in [4.78, 5) is 27.2. The Balaban J connectivity index is 1.29. The van der Waals surface area contributed by atoms with E-state index in [-0.39, 0.29) is 24.0 Å². The number of carbonyl (C=O) groups is 1. The molecule has 1 saturated heterocycles. The number of aryl methyl sites for hydroxylation is 1. The van der Waals surface area contributed by atoms with Crippen molar-refractivity contribution in [3.63, 3.8) is 0 Å². The molecule has 0 saturated carbocycles. The van der Waals surface area contributed by atoms with Gasteiger partial charge in [0.1, 0.15) is 23.9 Å². The zero-order valence-electron chi connectivity index (χ0n) is 17.2. The SMILES string of the molecule is Cc1cc(OCc2ccc(C(=O)N3CCN(Cc4ccco4)CC3)o2)ccc1[N+](=O)[O-]. The normalized spacial score (nSPS) is 14.5. The van der Waals surface area contributed by atoms with Crippen LogP contribution in [0.25, 0.3) is 0 Å². The molecule has 0 unspecified atom stereocenters. The van der Waals surface area contributed by atoms with E-state index in [1.807, 2.05) is 12.1 Å². The first-order valence-corrected chi connectivity index (χ1v) is 10.00. The zero-order valence-corrected chi connectivity index (χ0v) is 17.2. The van der Waals surface area contributed by atoms with E-state index in [1.165, 1.54) is 6.07 Å². The number of rotatable bonds is 7. The molecule has 162 valence electrons. The molecule has 31 heavy (non-hydrogen) atoms. The van der Waals surface area contributed by atoms with Gasteiger partial charge in [-0.25, -0.2) is 0 Å². The fraction of sp³-hybridized carbons (Fsp3) is 0.318. The lowest BCUT2D eigenvalue weighted by molar-refractivity contribution is -0.385. The number of benzene rings is 1. The van der Waals surface area contributed by atoms with Crippen LogP contribution in [0, 0.1) is 17.0 Å². The molecule has 0 radical (unpaired) electrons. The Labute approximate surface area is 178 Å². The van der Waals surface area contributed by atoms with Gasteiger partial charge in [0.15, 0.2) is 5.76 Å². The number of hydrogen-bond acceptors (Lipinski definition) is 7. The summed E-state index contributed by atoms with van der Waals surface area (Å²) < 4.78 is 16.7. The van der Waals surface area contributed by atoms with E-state index in [4.69, 9.17) is 13.6 Å². The van der Waals surface area contributed by atoms with Crippen LogP contribution in [-0.2, 0) is 13.2 Å². The number of furan rings is 2. The van der Waals surface area contributed by atoms with Gasteiger partial charge in [0.05, 0.1) is 17.7 Å². The van der Waals surface area contributed by atoms with Gasteiger partial charge in [0, 0.05) is 37.8 Å². The molecule has 1 aliphatic rings. The van der Waals surface area contributed by atoms with E-state index in [0.717, 1.165) is 25.4 Å². The van der Waals surface area contributed by atoms with Crippen LogP contribution in [0.5, 0.6) is 5.75 Å². The Kier molecular flexibility index (Phi) is 6.03. The Morgan fingerprint density at radius 3 is 2.61 bits per heavy atom. The van der Waals surface area contributed by atoms with Crippen molar-refractivity contribution in [2.45, 2.75) is 20.1 Å². The molecule has 4 rings (SSSR count). The summed E-state index contributed by atoms with van der Waals surface area (Å²) in [5.41, 5.74) is 0.562. The van der Waals surface area contributed by atoms with Crippen molar-refractivity contribution in [2.24, 2.45) is 0 Å². The molecule has 0 spiro atoms. The molecule has 9 heteroatoms. The van der Waals surface area contributed by atoms with Crippen molar-refractivity contribution >= 4 is 11.6 Å². The lowest BCUT2D eigenvalue weighted by Crippen LogP contribution is -2.48. The van der Waals surface area contributed by atoms with E-state index in [0.29, 0.717) is 30.2 Å². The molecule has 0 bridgehead atoms. The van der Waals surface area contributed by atoms with Gasteiger partial charge in [-0.3, -0.25) is 19.8 Å². The summed E-state index contributed by atoms with van der Waals surface area (Å²) >= 11 is 0. The Hall–Kier alpha value is -3.59. The monoisotopic (exact) mass is 425 g/mol. The lowest BCUT2D eigenvalue weighted by atomic mass is 10.2. The van der Waals surface area contributed by atoms with Gasteiger partial charge >= 0.3 is 0 Å². The van der Waals surface area contributed by atoms with Gasteiger partial charge < -0.3 is 18.5 Å². The first-order chi connectivity index (χ1) is 15.0. The number of nitro groups is 1. The maximum absolute atomic E-state index is 12.7. The molecule has 0 aliphatic carbocycles. The highest BCUT2D eigenvalue weighted by Gasteiger charge is 2.24. The minimum atomic E-state index is -0.430. The highest BCUT2D eigenvalue weighted by Crippen LogP contribution is 2.24. The molecule has 1 amide bonds. The first-order valence-electron chi connectivity index (χ1n) is 10.00. The summed E-state index contributed by atoms with van der Waals surface area (Å²) in [6, 6.07) is 11.7. The fourth-order valence-electron chi connectivity index (χ4n) is 3.54. The van der Waals surface area contributed by atoms with Gasteiger partial charge in [-0.2, -0.15) is 0 Å². The average molecular weight is 425 g/mol. The molecule has 3 heterocycles. The number of ether oxygens (including phenoxy) is 1. The van der Waals surface area contributed by atoms with Crippen molar-refractivity contribution in [1.82, 2.24) is 9.80 Å². The highest BCUT2D eigenvalue weighted by molar-refractivity contribution is 5.91. The number of amides is 1. The van der Waals surface area contributed by atoms with Crippen LogP contribution in [0.4, 0.5) is 5.69 Å². The summed E-state index contributed by atoms with van der Waals surface area (Å²) in [6.07, 6.45) is 1.66. The molecule has 2 aromatic heterocycles. The predicted molar refractivity (Wildman–Crippen MR) is 111 cm³/mol. The molecule has 0 N–H and O–H groups in total. The number of carbonyl (C=O) groups excluding carboxylic acids is 1. The minimum absolute atomic E-state index is 0.0440. The molecule has 1 fully saturated rings. The first kappa shape index (κ1) is 20.7. The van der Waals surface area contributed by atoms with Crippen LogP contribution in [0.1, 0.15) is 27.6 Å². The number of nitro benzene ring substituents is 1. The van der Waals surface area contributed by atoms with Crippen LogP contribution in [-0.4, -0.2) is 46.8 Å². The third-order valence-electron chi connectivity index (χ3n) is 5.24. The molecule has 1 aromatic carbocycles. The van der Waals surface area contributed by atoms with Crippen LogP contribution in [0.3, 0.4) is 0 Å². The largest absolute Gasteiger partial charge is 0.486 e. The van der Waals surface area contributed by atoms with Gasteiger partial charge in [-0.15, -0.1) is 0 Å². The van der Waals surface area contributed by atoms with Crippen molar-refractivity contribution in [3.05, 3.63) is 81.7 Å². The average Bonchev–Trinajstić information content (AvgIpc) is 3.44. The van der Waals surface area contributed by atoms with Gasteiger partial charge in [-0.1, -0.05) is 0 Å². The zero-order chi connectivity index (χ0) is 21.8. The standard InChI is InChI=1S/C22H23N3O6/c1-16-13-17(4-6-20(16)25(27)28)30-15-19-5-7-21(31-19)22(26)24-10-8-23(9-11-24)14-18-3-2-12-29-18/h2-7,12-13H,8-11,14-15H2,1H3. The van der Waals surface area contributed by atoms with Crippen molar-refractivity contribution in [2.75, 3.05) is 26.2 Å². The second-order valence-electron chi connectivity index (χ2n) is 7.41. The topological polar surface area (TPSA) is 102 Å². The molecule has 0 atom stereocenters. The van der Waals surface area contributed by atoms with E-state index in [9.17, 15) is 14.9 Å². The molecule has 1 aliphatic heterocycles. The van der Waals surface area contributed by atoms with Gasteiger partial charge in [-0.05, 0) is 43.3 Å². The van der Waals surface area contributed by atoms with E-state index >= 15 is 0 Å². The lowest BCUT2D eigenvalue weighted by Gasteiger charge is -2.33. The Bertz CT molecular complexity index is 1050. The summed E-state index contributed by atoms with van der Waals surface area (Å²) in [6.45, 7) is 5.29. The second kappa shape index (κ2) is 9.05. The van der Waals surface area contributed by atoms with Crippen LogP contribution >= 0.6 is 0 Å². The fourth-order valence-corrected chi connectivity index (χ4v) is 3.54.